The zero-order chi connectivity index (χ0) is 16.8. The first-order valence-corrected chi connectivity index (χ1v) is 10.0. The lowest BCUT2D eigenvalue weighted by atomic mass is 10.2. The van der Waals surface area contributed by atoms with Gasteiger partial charge in [0.05, 0.1) is 17.5 Å². The molecule has 0 aliphatic carbocycles. The summed E-state index contributed by atoms with van der Waals surface area (Å²) in [7, 11) is -3.10. The Kier molecular flexibility index (Phi) is 4.22. The van der Waals surface area contributed by atoms with Crippen molar-refractivity contribution in [2.45, 2.75) is 25.1 Å². The summed E-state index contributed by atoms with van der Waals surface area (Å²) in [5.74, 6) is -0.746. The lowest BCUT2D eigenvalue weighted by molar-refractivity contribution is -0.120. The zero-order valence-electron chi connectivity index (χ0n) is 12.8. The molecule has 0 radical (unpaired) electrons. The lowest BCUT2D eigenvalue weighted by Crippen LogP contribution is -2.37. The predicted molar refractivity (Wildman–Crippen MR) is 90.0 cm³/mol. The molecule has 1 aromatic rings. The number of benzene rings is 1. The fourth-order valence-electron chi connectivity index (χ4n) is 2.69. The summed E-state index contributed by atoms with van der Waals surface area (Å²) in [5, 5.41) is 0.351. The third-order valence-electron chi connectivity index (χ3n) is 3.87. The van der Waals surface area contributed by atoms with Gasteiger partial charge in [0, 0.05) is 16.9 Å². The summed E-state index contributed by atoms with van der Waals surface area (Å²) in [4.78, 5) is 17.9. The Hall–Kier alpha value is -1.41. The van der Waals surface area contributed by atoms with Gasteiger partial charge in [-0.2, -0.15) is 4.99 Å². The lowest BCUT2D eigenvalue weighted by Gasteiger charge is -2.24. The third kappa shape index (κ3) is 3.28. The maximum atomic E-state index is 13.2. The van der Waals surface area contributed by atoms with E-state index in [0.717, 1.165) is 0 Å². The number of amidine groups is 1. The molecular weight excluding hydrogens is 339 g/mol. The van der Waals surface area contributed by atoms with Gasteiger partial charge in [-0.15, -0.1) is 0 Å². The van der Waals surface area contributed by atoms with Gasteiger partial charge in [-0.25, -0.2) is 12.8 Å². The Morgan fingerprint density at radius 2 is 1.96 bits per heavy atom. The average Bonchev–Trinajstić information content (AvgIpc) is 2.91. The molecule has 0 bridgehead atoms. The first-order valence-electron chi connectivity index (χ1n) is 7.31. The average molecular weight is 356 g/mol. The number of amides is 1. The molecular formula is C15H17FN2O3S2. The van der Waals surface area contributed by atoms with Crippen LogP contribution < -0.4 is 4.90 Å². The number of fused-ring (bicyclic) bond motifs is 1. The highest BCUT2D eigenvalue weighted by Gasteiger charge is 2.49. The number of hydrogen-bond donors (Lipinski definition) is 0. The van der Waals surface area contributed by atoms with E-state index in [9.17, 15) is 17.6 Å². The largest absolute Gasteiger partial charge is 0.316 e. The SMILES string of the molecule is CC(C)C(=O)N=C1S[C@H]2CS(=O)(=O)C[C@H]2N1c1ccc(F)cc1. The normalized spacial score (nSPS) is 27.7. The van der Waals surface area contributed by atoms with E-state index < -0.39 is 9.84 Å². The number of nitrogens with zero attached hydrogens (tertiary/aromatic N) is 2. The second kappa shape index (κ2) is 5.90. The highest BCUT2D eigenvalue weighted by molar-refractivity contribution is 8.16. The second-order valence-corrected chi connectivity index (χ2v) is 9.39. The van der Waals surface area contributed by atoms with Gasteiger partial charge in [-0.1, -0.05) is 25.6 Å². The van der Waals surface area contributed by atoms with Gasteiger partial charge < -0.3 is 4.90 Å². The van der Waals surface area contributed by atoms with Crippen LogP contribution >= 0.6 is 11.8 Å². The van der Waals surface area contributed by atoms with E-state index in [2.05, 4.69) is 4.99 Å². The molecule has 1 amide bonds. The minimum absolute atomic E-state index is 0.0247. The molecule has 3 rings (SSSR count). The number of rotatable bonds is 2. The van der Waals surface area contributed by atoms with Crippen molar-refractivity contribution in [2.24, 2.45) is 10.9 Å². The fourth-order valence-corrected chi connectivity index (χ4v) is 6.61. The van der Waals surface area contributed by atoms with Gasteiger partial charge in [0.25, 0.3) is 5.91 Å². The number of aliphatic imine (C=N–C) groups is 1. The van der Waals surface area contributed by atoms with Crippen molar-refractivity contribution in [3.05, 3.63) is 30.1 Å². The molecule has 23 heavy (non-hydrogen) atoms. The molecule has 8 heteroatoms. The van der Waals surface area contributed by atoms with Crippen molar-refractivity contribution in [3.8, 4) is 0 Å². The Balaban J connectivity index is 2.00. The van der Waals surface area contributed by atoms with Gasteiger partial charge in [0.2, 0.25) is 0 Å². The van der Waals surface area contributed by atoms with Crippen LogP contribution in [-0.4, -0.2) is 42.3 Å². The number of thioether (sulfide) groups is 1. The zero-order valence-corrected chi connectivity index (χ0v) is 14.4. The van der Waals surface area contributed by atoms with E-state index in [1.165, 1.54) is 23.9 Å². The van der Waals surface area contributed by atoms with Crippen LogP contribution in [0.4, 0.5) is 10.1 Å². The monoisotopic (exact) mass is 356 g/mol. The number of sulfone groups is 1. The predicted octanol–water partition coefficient (Wildman–Crippen LogP) is 2.08. The van der Waals surface area contributed by atoms with Crippen molar-refractivity contribution < 1.29 is 17.6 Å². The number of anilines is 1. The third-order valence-corrected chi connectivity index (χ3v) is 7.08. The molecule has 2 fully saturated rings. The van der Waals surface area contributed by atoms with Crippen LogP contribution in [0.2, 0.25) is 0 Å². The minimum Gasteiger partial charge on any atom is -0.316 e. The molecule has 0 saturated carbocycles. The summed E-state index contributed by atoms with van der Waals surface area (Å²) in [5.41, 5.74) is 0.652. The van der Waals surface area contributed by atoms with Gasteiger partial charge in [-0.05, 0) is 24.3 Å². The smallest absolute Gasteiger partial charge is 0.250 e. The van der Waals surface area contributed by atoms with E-state index in [4.69, 9.17) is 0 Å². The Labute approximate surface area is 138 Å². The topological polar surface area (TPSA) is 66.8 Å². The number of hydrogen-bond acceptors (Lipinski definition) is 4. The molecule has 2 saturated heterocycles. The Morgan fingerprint density at radius 3 is 2.57 bits per heavy atom. The van der Waals surface area contributed by atoms with Crippen LogP contribution in [0.5, 0.6) is 0 Å². The number of halogens is 1. The second-order valence-electron chi connectivity index (χ2n) is 6.03. The Bertz CT molecular complexity index is 759. The minimum atomic E-state index is -3.10. The molecule has 2 aliphatic heterocycles. The molecule has 0 aromatic heterocycles. The van der Waals surface area contributed by atoms with Crippen LogP contribution in [0.25, 0.3) is 0 Å². The van der Waals surface area contributed by atoms with Gasteiger partial charge in [0.15, 0.2) is 15.0 Å². The summed E-state index contributed by atoms with van der Waals surface area (Å²) >= 11 is 1.32. The quantitative estimate of drug-likeness (QED) is 0.812. The first-order chi connectivity index (χ1) is 10.8. The molecule has 0 spiro atoms. The van der Waals surface area contributed by atoms with Crippen LogP contribution in [0.3, 0.4) is 0 Å². The van der Waals surface area contributed by atoms with Crippen LogP contribution in [0, 0.1) is 11.7 Å². The highest BCUT2D eigenvalue weighted by Crippen LogP contribution is 2.41. The van der Waals surface area contributed by atoms with Gasteiger partial charge >= 0.3 is 0 Å². The number of carbonyl (C=O) groups excluding carboxylic acids is 1. The summed E-state index contributed by atoms with van der Waals surface area (Å²) in [6.07, 6.45) is 0. The van der Waals surface area contributed by atoms with E-state index in [1.807, 2.05) is 0 Å². The fraction of sp³-hybridized carbons (Fsp3) is 0.467. The van der Waals surface area contributed by atoms with Crippen LogP contribution in [-0.2, 0) is 14.6 Å². The van der Waals surface area contributed by atoms with Gasteiger partial charge in [-0.3, -0.25) is 4.79 Å². The molecule has 2 atom stereocenters. The maximum absolute atomic E-state index is 13.2. The molecule has 1 aromatic carbocycles. The standard InChI is InChI=1S/C15H17FN2O3S2/c1-9(2)14(19)17-15-18(11-5-3-10(16)4-6-11)12-7-23(20,21)8-13(12)22-15/h3-6,9,12-13H,7-8H2,1-2H3/t12-,13+/m1/s1. The van der Waals surface area contributed by atoms with Crippen molar-refractivity contribution in [2.75, 3.05) is 16.4 Å². The van der Waals surface area contributed by atoms with E-state index >= 15 is 0 Å². The maximum Gasteiger partial charge on any atom is 0.250 e. The number of carbonyl (C=O) groups is 1. The van der Waals surface area contributed by atoms with Crippen molar-refractivity contribution >= 4 is 38.4 Å². The molecule has 5 nitrogen and oxygen atoms in total. The summed E-state index contributed by atoms with van der Waals surface area (Å²) in [6, 6.07) is 5.53. The molecule has 0 unspecified atom stereocenters. The molecule has 2 heterocycles. The summed E-state index contributed by atoms with van der Waals surface area (Å²) in [6.45, 7) is 3.53. The van der Waals surface area contributed by atoms with E-state index in [0.29, 0.717) is 10.9 Å². The van der Waals surface area contributed by atoms with Crippen LogP contribution in [0.15, 0.2) is 29.3 Å². The van der Waals surface area contributed by atoms with Crippen molar-refractivity contribution in [1.29, 1.82) is 0 Å². The summed E-state index contributed by atoms with van der Waals surface area (Å²) < 4.78 is 37.0. The Morgan fingerprint density at radius 1 is 1.30 bits per heavy atom. The van der Waals surface area contributed by atoms with E-state index in [1.54, 1.807) is 30.9 Å². The van der Waals surface area contributed by atoms with Gasteiger partial charge in [0.1, 0.15) is 5.82 Å². The molecule has 0 N–H and O–H groups in total. The van der Waals surface area contributed by atoms with Crippen LogP contribution in [0.1, 0.15) is 13.8 Å². The molecule has 2 aliphatic rings. The van der Waals surface area contributed by atoms with E-state index in [-0.39, 0.29) is 40.4 Å². The van der Waals surface area contributed by atoms with Crippen molar-refractivity contribution in [3.63, 3.8) is 0 Å². The molecule has 124 valence electrons. The highest BCUT2D eigenvalue weighted by atomic mass is 32.2. The first kappa shape index (κ1) is 16.4. The van der Waals surface area contributed by atoms with Crippen molar-refractivity contribution in [1.82, 2.24) is 0 Å².